The molecule has 20 heavy (non-hydrogen) atoms. The van der Waals surface area contributed by atoms with Crippen molar-refractivity contribution in [1.82, 2.24) is 10.2 Å². The Kier molecular flexibility index (Phi) is 4.65. The van der Waals surface area contributed by atoms with Crippen LogP contribution >= 0.6 is 0 Å². The molecule has 1 aromatic carbocycles. The number of aryl methyl sites for hydroxylation is 1. The van der Waals surface area contributed by atoms with Crippen molar-refractivity contribution >= 4 is 5.91 Å². The molecule has 0 radical (unpaired) electrons. The first-order valence-electron chi connectivity index (χ1n) is 7.17. The highest BCUT2D eigenvalue weighted by atomic mass is 16.5. The minimum atomic E-state index is -0.0881. The van der Waals surface area contributed by atoms with E-state index in [0.29, 0.717) is 6.42 Å². The Labute approximate surface area is 121 Å². The molecule has 1 fully saturated rings. The topological polar surface area (TPSA) is 41.6 Å². The number of rotatable bonds is 4. The third kappa shape index (κ3) is 3.51. The lowest BCUT2D eigenvalue weighted by molar-refractivity contribution is -0.137. The largest absolute Gasteiger partial charge is 0.497 e. The van der Waals surface area contributed by atoms with Gasteiger partial charge < -0.3 is 15.0 Å². The van der Waals surface area contributed by atoms with Gasteiger partial charge in [-0.1, -0.05) is 12.1 Å². The number of nitrogens with zero attached hydrogens (tertiary/aromatic N) is 1. The zero-order valence-corrected chi connectivity index (χ0v) is 12.6. The SMILES string of the molecule is COc1ccc(CCC(=O)N2CCNCC2(C)C)cc1. The predicted octanol–water partition coefficient (Wildman–Crippen LogP) is 1.84. The second-order valence-corrected chi connectivity index (χ2v) is 5.88. The lowest BCUT2D eigenvalue weighted by Crippen LogP contribution is -2.59. The highest BCUT2D eigenvalue weighted by molar-refractivity contribution is 5.77. The molecule has 1 heterocycles. The van der Waals surface area contributed by atoms with Crippen LogP contribution in [-0.4, -0.2) is 43.1 Å². The Bertz CT molecular complexity index is 454. The van der Waals surface area contributed by atoms with Crippen LogP contribution in [0.4, 0.5) is 0 Å². The molecule has 4 nitrogen and oxygen atoms in total. The summed E-state index contributed by atoms with van der Waals surface area (Å²) in [6.45, 7) is 6.78. The molecule has 110 valence electrons. The van der Waals surface area contributed by atoms with Crippen LogP contribution in [-0.2, 0) is 11.2 Å². The van der Waals surface area contributed by atoms with Crippen LogP contribution < -0.4 is 10.1 Å². The molecule has 0 atom stereocenters. The van der Waals surface area contributed by atoms with Gasteiger partial charge in [-0.25, -0.2) is 0 Å². The molecule has 1 aromatic rings. The van der Waals surface area contributed by atoms with Gasteiger partial charge >= 0.3 is 0 Å². The van der Waals surface area contributed by atoms with Gasteiger partial charge in [0.25, 0.3) is 0 Å². The number of benzene rings is 1. The molecular weight excluding hydrogens is 252 g/mol. The quantitative estimate of drug-likeness (QED) is 0.912. The first kappa shape index (κ1) is 14.9. The number of amides is 1. The summed E-state index contributed by atoms with van der Waals surface area (Å²) >= 11 is 0. The summed E-state index contributed by atoms with van der Waals surface area (Å²) in [5, 5.41) is 3.34. The number of hydrogen-bond acceptors (Lipinski definition) is 3. The van der Waals surface area contributed by atoms with E-state index < -0.39 is 0 Å². The van der Waals surface area contributed by atoms with Crippen LogP contribution in [0.25, 0.3) is 0 Å². The normalized spacial score (nSPS) is 17.9. The number of methoxy groups -OCH3 is 1. The lowest BCUT2D eigenvalue weighted by Gasteiger charge is -2.43. The molecule has 0 saturated carbocycles. The maximum Gasteiger partial charge on any atom is 0.223 e. The molecular formula is C16H24N2O2. The molecule has 1 amide bonds. The average molecular weight is 276 g/mol. The third-order valence-electron chi connectivity index (χ3n) is 3.89. The van der Waals surface area contributed by atoms with E-state index in [1.807, 2.05) is 29.2 Å². The van der Waals surface area contributed by atoms with Crippen LogP contribution in [0.3, 0.4) is 0 Å². The number of piperazine rings is 1. The summed E-state index contributed by atoms with van der Waals surface area (Å²) in [4.78, 5) is 14.4. The van der Waals surface area contributed by atoms with Crippen molar-refractivity contribution in [3.63, 3.8) is 0 Å². The average Bonchev–Trinajstić information content (AvgIpc) is 2.45. The molecule has 0 unspecified atom stereocenters. The first-order chi connectivity index (χ1) is 9.53. The molecule has 0 aromatic heterocycles. The van der Waals surface area contributed by atoms with E-state index in [9.17, 15) is 4.79 Å². The van der Waals surface area contributed by atoms with Crippen molar-refractivity contribution in [2.45, 2.75) is 32.2 Å². The van der Waals surface area contributed by atoms with Crippen molar-refractivity contribution in [3.8, 4) is 5.75 Å². The Morgan fingerprint density at radius 3 is 2.65 bits per heavy atom. The summed E-state index contributed by atoms with van der Waals surface area (Å²) in [6.07, 6.45) is 1.35. The molecule has 4 heteroatoms. The van der Waals surface area contributed by atoms with E-state index in [-0.39, 0.29) is 11.4 Å². The Balaban J connectivity index is 1.90. The second kappa shape index (κ2) is 6.27. The van der Waals surface area contributed by atoms with Crippen LogP contribution in [0.2, 0.25) is 0 Å². The summed E-state index contributed by atoms with van der Waals surface area (Å²) in [5.41, 5.74) is 1.09. The molecule has 1 aliphatic heterocycles. The van der Waals surface area contributed by atoms with Gasteiger partial charge in [-0.15, -0.1) is 0 Å². The number of hydrogen-bond donors (Lipinski definition) is 1. The van der Waals surface area contributed by atoms with Crippen LogP contribution in [0.5, 0.6) is 5.75 Å². The van der Waals surface area contributed by atoms with Gasteiger partial charge in [0.05, 0.1) is 7.11 Å². The summed E-state index contributed by atoms with van der Waals surface area (Å²) in [5.74, 6) is 1.09. The van der Waals surface area contributed by atoms with Gasteiger partial charge in [-0.3, -0.25) is 4.79 Å². The fourth-order valence-corrected chi connectivity index (χ4v) is 2.62. The molecule has 1 N–H and O–H groups in total. The van der Waals surface area contributed by atoms with Gasteiger partial charge in [0.1, 0.15) is 5.75 Å². The van der Waals surface area contributed by atoms with Crippen molar-refractivity contribution in [3.05, 3.63) is 29.8 Å². The van der Waals surface area contributed by atoms with Crippen LogP contribution in [0.1, 0.15) is 25.8 Å². The summed E-state index contributed by atoms with van der Waals surface area (Å²) in [7, 11) is 1.66. The van der Waals surface area contributed by atoms with E-state index in [4.69, 9.17) is 4.74 Å². The van der Waals surface area contributed by atoms with Crippen molar-refractivity contribution in [1.29, 1.82) is 0 Å². The highest BCUT2D eigenvalue weighted by Gasteiger charge is 2.32. The van der Waals surface area contributed by atoms with E-state index in [0.717, 1.165) is 31.8 Å². The third-order valence-corrected chi connectivity index (χ3v) is 3.89. The Morgan fingerprint density at radius 1 is 1.35 bits per heavy atom. The van der Waals surface area contributed by atoms with E-state index in [1.54, 1.807) is 7.11 Å². The molecule has 1 aliphatic rings. The fraction of sp³-hybridized carbons (Fsp3) is 0.562. The van der Waals surface area contributed by atoms with Crippen molar-refractivity contribution < 1.29 is 9.53 Å². The molecule has 1 saturated heterocycles. The highest BCUT2D eigenvalue weighted by Crippen LogP contribution is 2.19. The monoisotopic (exact) mass is 276 g/mol. The lowest BCUT2D eigenvalue weighted by atomic mass is 9.99. The first-order valence-corrected chi connectivity index (χ1v) is 7.17. The van der Waals surface area contributed by atoms with Crippen LogP contribution in [0, 0.1) is 0 Å². The zero-order chi connectivity index (χ0) is 14.6. The number of ether oxygens (including phenoxy) is 1. The van der Waals surface area contributed by atoms with Gasteiger partial charge in [-0.2, -0.15) is 0 Å². The van der Waals surface area contributed by atoms with E-state index in [2.05, 4.69) is 19.2 Å². The summed E-state index contributed by atoms with van der Waals surface area (Å²) in [6, 6.07) is 7.92. The van der Waals surface area contributed by atoms with Gasteiger partial charge in [0.15, 0.2) is 0 Å². The molecule has 2 rings (SSSR count). The van der Waals surface area contributed by atoms with Crippen molar-refractivity contribution in [2.75, 3.05) is 26.7 Å². The number of carbonyl (C=O) groups excluding carboxylic acids is 1. The van der Waals surface area contributed by atoms with Gasteiger partial charge in [0.2, 0.25) is 5.91 Å². The minimum Gasteiger partial charge on any atom is -0.497 e. The number of carbonyl (C=O) groups is 1. The van der Waals surface area contributed by atoms with E-state index in [1.165, 1.54) is 5.56 Å². The van der Waals surface area contributed by atoms with Crippen LogP contribution in [0.15, 0.2) is 24.3 Å². The van der Waals surface area contributed by atoms with Gasteiger partial charge in [-0.05, 0) is 38.0 Å². The zero-order valence-electron chi connectivity index (χ0n) is 12.6. The Morgan fingerprint density at radius 2 is 2.05 bits per heavy atom. The molecule has 0 aliphatic carbocycles. The Hall–Kier alpha value is -1.55. The van der Waals surface area contributed by atoms with E-state index >= 15 is 0 Å². The molecule has 0 bridgehead atoms. The maximum atomic E-state index is 12.4. The smallest absolute Gasteiger partial charge is 0.223 e. The number of nitrogens with one attached hydrogen (secondary N) is 1. The fourth-order valence-electron chi connectivity index (χ4n) is 2.62. The second-order valence-electron chi connectivity index (χ2n) is 5.88. The molecule has 0 spiro atoms. The predicted molar refractivity (Wildman–Crippen MR) is 80.0 cm³/mol. The van der Waals surface area contributed by atoms with Crippen molar-refractivity contribution in [2.24, 2.45) is 0 Å². The maximum absolute atomic E-state index is 12.4. The summed E-state index contributed by atoms with van der Waals surface area (Å²) < 4.78 is 5.14. The standard InChI is InChI=1S/C16H24N2O2/c1-16(2)12-17-10-11-18(16)15(19)9-6-13-4-7-14(20-3)8-5-13/h4-5,7-8,17H,6,9-12H2,1-3H3. The van der Waals surface area contributed by atoms with Gasteiger partial charge in [0, 0.05) is 31.6 Å². The minimum absolute atomic E-state index is 0.0881.